The highest BCUT2D eigenvalue weighted by molar-refractivity contribution is 7.80. The van der Waals surface area contributed by atoms with Gasteiger partial charge in [-0.1, -0.05) is 20.8 Å². The summed E-state index contributed by atoms with van der Waals surface area (Å²) in [6.45, 7) is 4.62. The largest absolute Gasteiger partial charge is 0.465 e. The van der Waals surface area contributed by atoms with Gasteiger partial charge >= 0.3 is 17.9 Å². The predicted octanol–water partition coefficient (Wildman–Crippen LogP) is 3.63. The monoisotopic (exact) mass is 526 g/mol. The molecule has 0 aromatic rings. The molecule has 7 nitrogen and oxygen atoms in total. The molecule has 0 aromatic heterocycles. The zero-order valence-corrected chi connectivity index (χ0v) is 22.8. The minimum atomic E-state index is -1.23. The zero-order valence-electron chi connectivity index (χ0n) is 20.2. The number of aliphatic hydroxyl groups is 1. The van der Waals surface area contributed by atoms with E-state index in [-0.39, 0.29) is 56.8 Å². The van der Waals surface area contributed by atoms with Crippen LogP contribution in [0.3, 0.4) is 0 Å². The number of thiol groups is 3. The molecule has 0 bridgehead atoms. The van der Waals surface area contributed by atoms with Crippen molar-refractivity contribution >= 4 is 55.8 Å². The fourth-order valence-corrected chi connectivity index (χ4v) is 4.28. The third-order valence-corrected chi connectivity index (χ3v) is 6.14. The molecule has 194 valence electrons. The second-order valence-corrected chi connectivity index (χ2v) is 10.4. The Balaban J connectivity index is 5.09. The Labute approximate surface area is 215 Å². The number of hydrogen-bond donors (Lipinski definition) is 4. The molecule has 0 rings (SSSR count). The van der Waals surface area contributed by atoms with E-state index in [1.165, 1.54) is 0 Å². The minimum absolute atomic E-state index is 0.107. The lowest BCUT2D eigenvalue weighted by molar-refractivity contribution is -0.166. The molecule has 0 radical (unpaired) electrons. The quantitative estimate of drug-likeness (QED) is 0.116. The lowest BCUT2D eigenvalue weighted by atomic mass is 9.92. The Morgan fingerprint density at radius 2 is 0.939 bits per heavy atom. The lowest BCUT2D eigenvalue weighted by Gasteiger charge is -2.30. The molecule has 1 N–H and O–H groups in total. The number of carbonyl (C=O) groups is 3. The van der Waals surface area contributed by atoms with Crippen LogP contribution in [0, 0.1) is 23.2 Å². The molecule has 0 heterocycles. The average Bonchev–Trinajstić information content (AvgIpc) is 2.74. The summed E-state index contributed by atoms with van der Waals surface area (Å²) in [5.41, 5.74) is -1.23. The summed E-state index contributed by atoms with van der Waals surface area (Å²) in [4.78, 5) is 36.7. The first-order valence-electron chi connectivity index (χ1n) is 11.5. The van der Waals surface area contributed by atoms with Crippen LogP contribution in [0.4, 0.5) is 0 Å². The fraction of sp³-hybridized carbons (Fsp3) is 0.870. The van der Waals surface area contributed by atoms with Crippen molar-refractivity contribution in [2.45, 2.75) is 59.3 Å². The fourth-order valence-electron chi connectivity index (χ4n) is 2.96. The van der Waals surface area contributed by atoms with Gasteiger partial charge < -0.3 is 19.3 Å². The Morgan fingerprint density at radius 3 is 1.15 bits per heavy atom. The van der Waals surface area contributed by atoms with Gasteiger partial charge in [-0.25, -0.2) is 0 Å². The molecule has 0 spiro atoms. The van der Waals surface area contributed by atoms with Crippen LogP contribution in [0.15, 0.2) is 0 Å². The van der Waals surface area contributed by atoms with Crippen LogP contribution in [0.2, 0.25) is 0 Å². The molecule has 0 saturated heterocycles. The normalized spacial score (nSPS) is 15.7. The summed E-state index contributed by atoms with van der Waals surface area (Å²) in [5, 5.41) is 10.1. The van der Waals surface area contributed by atoms with Crippen molar-refractivity contribution in [3.8, 4) is 0 Å². The summed E-state index contributed by atoms with van der Waals surface area (Å²) in [6, 6.07) is 0. The van der Waals surface area contributed by atoms with Crippen molar-refractivity contribution in [1.82, 2.24) is 0 Å². The van der Waals surface area contributed by atoms with Gasteiger partial charge in [0.15, 0.2) is 0 Å². The maximum atomic E-state index is 12.2. The van der Waals surface area contributed by atoms with Gasteiger partial charge in [0.05, 0.1) is 12.0 Å². The first-order valence-corrected chi connectivity index (χ1v) is 13.4. The van der Waals surface area contributed by atoms with Crippen LogP contribution in [0.25, 0.3) is 0 Å². The minimum Gasteiger partial charge on any atom is -0.465 e. The van der Waals surface area contributed by atoms with Crippen molar-refractivity contribution in [1.29, 1.82) is 0 Å². The third kappa shape index (κ3) is 15.9. The highest BCUT2D eigenvalue weighted by Crippen LogP contribution is 2.22. The van der Waals surface area contributed by atoms with Crippen LogP contribution in [-0.4, -0.2) is 66.7 Å². The third-order valence-electron chi connectivity index (χ3n) is 5.36. The van der Waals surface area contributed by atoms with E-state index in [9.17, 15) is 19.5 Å². The molecule has 0 amide bonds. The number of aliphatic hydroxyl groups excluding tert-OH is 1. The Bertz CT molecular complexity index is 500. The maximum absolute atomic E-state index is 12.2. The van der Waals surface area contributed by atoms with Crippen LogP contribution in [-0.2, 0) is 28.6 Å². The van der Waals surface area contributed by atoms with Crippen LogP contribution >= 0.6 is 37.9 Å². The van der Waals surface area contributed by atoms with Gasteiger partial charge in [0, 0.05) is 19.3 Å². The summed E-state index contributed by atoms with van der Waals surface area (Å²) < 4.78 is 16.2. The molecular weight excluding hydrogens is 484 g/mol. The lowest BCUT2D eigenvalue weighted by Crippen LogP contribution is -2.42. The van der Waals surface area contributed by atoms with E-state index in [2.05, 4.69) is 37.9 Å². The molecule has 0 saturated carbocycles. The van der Waals surface area contributed by atoms with E-state index < -0.39 is 29.9 Å². The van der Waals surface area contributed by atoms with Gasteiger partial charge in [0.2, 0.25) is 0 Å². The van der Waals surface area contributed by atoms with Crippen LogP contribution < -0.4 is 0 Å². The molecule has 0 fully saturated rings. The van der Waals surface area contributed by atoms with E-state index in [4.69, 9.17) is 14.2 Å². The second-order valence-electron chi connectivity index (χ2n) is 9.10. The van der Waals surface area contributed by atoms with Gasteiger partial charge in [0.25, 0.3) is 0 Å². The standard InChI is InChI=1S/C23H42O7S3/c1-17(4-7-31)10-20(25)28-14-23(13-24,15-29-21(26)11-18(2)5-8-32)16-30-22(27)12-19(3)6-9-33/h17-19,24,31-33H,4-16H2,1-3H3. The van der Waals surface area contributed by atoms with Gasteiger partial charge in [-0.2, -0.15) is 37.9 Å². The Kier molecular flexibility index (Phi) is 18.4. The van der Waals surface area contributed by atoms with Crippen molar-refractivity contribution in [3.05, 3.63) is 0 Å². The Morgan fingerprint density at radius 1 is 0.667 bits per heavy atom. The van der Waals surface area contributed by atoms with Crippen molar-refractivity contribution < 1.29 is 33.7 Å². The predicted molar refractivity (Wildman–Crippen MR) is 139 cm³/mol. The van der Waals surface area contributed by atoms with Gasteiger partial charge in [-0.05, 0) is 54.3 Å². The Hall–Kier alpha value is -0.580. The van der Waals surface area contributed by atoms with E-state index in [1.54, 1.807) is 0 Å². The maximum Gasteiger partial charge on any atom is 0.306 e. The second kappa shape index (κ2) is 18.7. The van der Waals surface area contributed by atoms with Crippen molar-refractivity contribution in [2.24, 2.45) is 23.2 Å². The molecule has 3 unspecified atom stereocenters. The number of esters is 3. The number of carbonyl (C=O) groups excluding carboxylic acids is 3. The van der Waals surface area contributed by atoms with Gasteiger partial charge in [-0.15, -0.1) is 0 Å². The smallest absolute Gasteiger partial charge is 0.306 e. The molecule has 0 aliphatic rings. The highest BCUT2D eigenvalue weighted by Gasteiger charge is 2.36. The summed E-state index contributed by atoms with van der Waals surface area (Å²) >= 11 is 12.5. The summed E-state index contributed by atoms with van der Waals surface area (Å²) in [5.74, 6) is 1.04. The van der Waals surface area contributed by atoms with Gasteiger partial charge in [0.1, 0.15) is 19.8 Å². The van der Waals surface area contributed by atoms with Crippen LogP contribution in [0.5, 0.6) is 0 Å². The van der Waals surface area contributed by atoms with E-state index in [0.29, 0.717) is 17.3 Å². The van der Waals surface area contributed by atoms with E-state index in [1.807, 2.05) is 20.8 Å². The molecule has 10 heteroatoms. The first kappa shape index (κ1) is 32.4. The average molecular weight is 527 g/mol. The highest BCUT2D eigenvalue weighted by atomic mass is 32.1. The van der Waals surface area contributed by atoms with Crippen molar-refractivity contribution in [2.75, 3.05) is 43.7 Å². The first-order chi connectivity index (χ1) is 15.6. The number of ether oxygens (including phenoxy) is 3. The molecule has 0 aromatic carbocycles. The van der Waals surface area contributed by atoms with E-state index in [0.717, 1.165) is 19.3 Å². The zero-order chi connectivity index (χ0) is 25.3. The summed E-state index contributed by atoms with van der Waals surface area (Å²) in [7, 11) is 0. The number of hydrogen-bond acceptors (Lipinski definition) is 10. The van der Waals surface area contributed by atoms with Gasteiger partial charge in [-0.3, -0.25) is 14.4 Å². The number of rotatable bonds is 19. The van der Waals surface area contributed by atoms with Crippen molar-refractivity contribution in [3.63, 3.8) is 0 Å². The molecule has 0 aliphatic carbocycles. The van der Waals surface area contributed by atoms with Crippen LogP contribution in [0.1, 0.15) is 59.3 Å². The molecule has 3 atom stereocenters. The topological polar surface area (TPSA) is 99.1 Å². The summed E-state index contributed by atoms with van der Waals surface area (Å²) in [6.07, 6.45) is 2.95. The molecular formula is C23H42O7S3. The van der Waals surface area contributed by atoms with E-state index >= 15 is 0 Å². The SMILES string of the molecule is CC(CCS)CC(=O)OCC(CO)(COC(=O)CC(C)CCS)COC(=O)CC(C)CCS. The molecule has 33 heavy (non-hydrogen) atoms. The molecule has 0 aliphatic heterocycles.